The van der Waals surface area contributed by atoms with E-state index in [4.69, 9.17) is 10.5 Å². The van der Waals surface area contributed by atoms with E-state index >= 15 is 0 Å². The molecule has 1 aromatic rings. The predicted molar refractivity (Wildman–Crippen MR) is 74.8 cm³/mol. The van der Waals surface area contributed by atoms with E-state index in [9.17, 15) is 0 Å². The van der Waals surface area contributed by atoms with Crippen LogP contribution < -0.4 is 10.5 Å². The SMILES string of the molecule is CCC(N)C(c1ccc(OC)cc1)N1CCCC1. The Morgan fingerprint density at radius 3 is 2.33 bits per heavy atom. The fourth-order valence-corrected chi connectivity index (χ4v) is 2.77. The van der Waals surface area contributed by atoms with Crippen LogP contribution in [0, 0.1) is 0 Å². The molecule has 1 aliphatic rings. The molecule has 2 unspecified atom stereocenters. The molecule has 3 nitrogen and oxygen atoms in total. The summed E-state index contributed by atoms with van der Waals surface area (Å²) in [5.74, 6) is 0.906. The van der Waals surface area contributed by atoms with Gasteiger partial charge >= 0.3 is 0 Å². The zero-order chi connectivity index (χ0) is 13.0. The van der Waals surface area contributed by atoms with Gasteiger partial charge in [-0.2, -0.15) is 0 Å². The Morgan fingerprint density at radius 2 is 1.83 bits per heavy atom. The van der Waals surface area contributed by atoms with Crippen LogP contribution in [-0.4, -0.2) is 31.1 Å². The number of nitrogens with two attached hydrogens (primary N) is 1. The van der Waals surface area contributed by atoms with Crippen molar-refractivity contribution in [3.05, 3.63) is 29.8 Å². The van der Waals surface area contributed by atoms with E-state index in [1.54, 1.807) is 7.11 Å². The molecule has 2 N–H and O–H groups in total. The van der Waals surface area contributed by atoms with Crippen LogP contribution in [0.15, 0.2) is 24.3 Å². The lowest BCUT2D eigenvalue weighted by Gasteiger charge is -2.32. The lowest BCUT2D eigenvalue weighted by Crippen LogP contribution is -2.39. The average molecular weight is 248 g/mol. The molecule has 0 radical (unpaired) electrons. The largest absolute Gasteiger partial charge is 0.497 e. The van der Waals surface area contributed by atoms with Gasteiger partial charge in [0.05, 0.1) is 7.11 Å². The van der Waals surface area contributed by atoms with Crippen LogP contribution in [0.3, 0.4) is 0 Å². The molecule has 1 fully saturated rings. The summed E-state index contributed by atoms with van der Waals surface area (Å²) in [7, 11) is 1.70. The lowest BCUT2D eigenvalue weighted by atomic mass is 9.96. The molecule has 3 heteroatoms. The van der Waals surface area contributed by atoms with Crippen molar-refractivity contribution >= 4 is 0 Å². The Kier molecular flexibility index (Phi) is 4.61. The van der Waals surface area contributed by atoms with E-state index in [0.29, 0.717) is 6.04 Å². The molecule has 1 saturated heterocycles. The molecule has 2 atom stereocenters. The standard InChI is InChI=1S/C15H24N2O/c1-3-14(16)15(17-10-4-5-11-17)12-6-8-13(18-2)9-7-12/h6-9,14-15H,3-5,10-11,16H2,1-2H3. The molecule has 1 heterocycles. The number of benzene rings is 1. The summed E-state index contributed by atoms with van der Waals surface area (Å²) < 4.78 is 5.22. The van der Waals surface area contributed by atoms with Crippen molar-refractivity contribution < 1.29 is 4.74 Å². The van der Waals surface area contributed by atoms with E-state index in [2.05, 4.69) is 24.0 Å². The third-order valence-electron chi connectivity index (χ3n) is 3.87. The zero-order valence-electron chi connectivity index (χ0n) is 11.4. The second-order valence-corrected chi connectivity index (χ2v) is 5.03. The molecule has 1 aliphatic heterocycles. The van der Waals surface area contributed by atoms with Gasteiger partial charge in [0, 0.05) is 12.1 Å². The number of nitrogens with zero attached hydrogens (tertiary/aromatic N) is 1. The number of hydrogen-bond acceptors (Lipinski definition) is 3. The fourth-order valence-electron chi connectivity index (χ4n) is 2.77. The second-order valence-electron chi connectivity index (χ2n) is 5.03. The Morgan fingerprint density at radius 1 is 1.22 bits per heavy atom. The Labute approximate surface area is 110 Å². The Hall–Kier alpha value is -1.06. The van der Waals surface area contributed by atoms with Crippen molar-refractivity contribution in [2.45, 2.75) is 38.3 Å². The predicted octanol–water partition coefficient (Wildman–Crippen LogP) is 2.57. The summed E-state index contributed by atoms with van der Waals surface area (Å²) in [4.78, 5) is 2.52. The van der Waals surface area contributed by atoms with Crippen molar-refractivity contribution in [1.29, 1.82) is 0 Å². The lowest BCUT2D eigenvalue weighted by molar-refractivity contribution is 0.209. The van der Waals surface area contributed by atoms with Gasteiger partial charge in [-0.05, 0) is 50.0 Å². The maximum atomic E-state index is 6.33. The molecule has 0 saturated carbocycles. The van der Waals surface area contributed by atoms with Crippen molar-refractivity contribution in [3.8, 4) is 5.75 Å². The molecule has 0 spiro atoms. The normalized spacial score (nSPS) is 19.7. The third-order valence-corrected chi connectivity index (χ3v) is 3.87. The van der Waals surface area contributed by atoms with Gasteiger partial charge in [-0.15, -0.1) is 0 Å². The zero-order valence-corrected chi connectivity index (χ0v) is 11.4. The summed E-state index contributed by atoms with van der Waals surface area (Å²) in [6.45, 7) is 4.51. The van der Waals surface area contributed by atoms with Crippen LogP contribution in [0.4, 0.5) is 0 Å². The molecular weight excluding hydrogens is 224 g/mol. The first kappa shape index (κ1) is 13.4. The number of hydrogen-bond donors (Lipinski definition) is 1. The van der Waals surface area contributed by atoms with Crippen LogP contribution in [0.5, 0.6) is 5.75 Å². The summed E-state index contributed by atoms with van der Waals surface area (Å²) >= 11 is 0. The Balaban J connectivity index is 2.20. The number of rotatable bonds is 5. The third kappa shape index (κ3) is 2.85. The van der Waals surface area contributed by atoms with Crippen molar-refractivity contribution in [2.75, 3.05) is 20.2 Å². The minimum Gasteiger partial charge on any atom is -0.497 e. The molecule has 0 amide bonds. The first-order valence-corrected chi connectivity index (χ1v) is 6.90. The van der Waals surface area contributed by atoms with Gasteiger partial charge in [0.25, 0.3) is 0 Å². The highest BCUT2D eigenvalue weighted by Gasteiger charge is 2.27. The molecule has 1 aromatic carbocycles. The second kappa shape index (κ2) is 6.21. The van der Waals surface area contributed by atoms with Gasteiger partial charge in [-0.25, -0.2) is 0 Å². The van der Waals surface area contributed by atoms with E-state index in [1.165, 1.54) is 31.5 Å². The van der Waals surface area contributed by atoms with Crippen LogP contribution in [0.1, 0.15) is 37.8 Å². The molecule has 0 aliphatic carbocycles. The molecule has 100 valence electrons. The van der Waals surface area contributed by atoms with Crippen LogP contribution in [-0.2, 0) is 0 Å². The van der Waals surface area contributed by atoms with E-state index in [1.807, 2.05) is 12.1 Å². The van der Waals surface area contributed by atoms with Crippen LogP contribution in [0.2, 0.25) is 0 Å². The minimum absolute atomic E-state index is 0.205. The number of methoxy groups -OCH3 is 1. The average Bonchev–Trinajstić information content (AvgIpc) is 2.93. The highest BCUT2D eigenvalue weighted by molar-refractivity contribution is 5.30. The summed E-state index contributed by atoms with van der Waals surface area (Å²) in [6.07, 6.45) is 3.60. The van der Waals surface area contributed by atoms with Gasteiger partial charge in [0.2, 0.25) is 0 Å². The summed E-state index contributed by atoms with van der Waals surface area (Å²) in [6, 6.07) is 8.91. The molecule has 18 heavy (non-hydrogen) atoms. The van der Waals surface area contributed by atoms with Crippen LogP contribution >= 0.6 is 0 Å². The number of ether oxygens (including phenoxy) is 1. The quantitative estimate of drug-likeness (QED) is 0.870. The van der Waals surface area contributed by atoms with E-state index < -0.39 is 0 Å². The highest BCUT2D eigenvalue weighted by atomic mass is 16.5. The van der Waals surface area contributed by atoms with Crippen molar-refractivity contribution in [3.63, 3.8) is 0 Å². The molecular formula is C15H24N2O. The monoisotopic (exact) mass is 248 g/mol. The minimum atomic E-state index is 0.205. The topological polar surface area (TPSA) is 38.5 Å². The van der Waals surface area contributed by atoms with E-state index in [0.717, 1.165) is 12.2 Å². The molecule has 0 aromatic heterocycles. The van der Waals surface area contributed by atoms with Crippen molar-refractivity contribution in [2.24, 2.45) is 5.73 Å². The summed E-state index contributed by atoms with van der Waals surface area (Å²) in [5.41, 5.74) is 7.64. The Bertz CT molecular complexity index is 357. The molecule has 2 rings (SSSR count). The molecule has 0 bridgehead atoms. The fraction of sp³-hybridized carbons (Fsp3) is 0.600. The van der Waals surface area contributed by atoms with Gasteiger partial charge in [0.1, 0.15) is 5.75 Å². The van der Waals surface area contributed by atoms with Gasteiger partial charge < -0.3 is 10.5 Å². The smallest absolute Gasteiger partial charge is 0.118 e. The first-order chi connectivity index (χ1) is 8.76. The van der Waals surface area contributed by atoms with E-state index in [-0.39, 0.29) is 6.04 Å². The first-order valence-electron chi connectivity index (χ1n) is 6.90. The maximum Gasteiger partial charge on any atom is 0.118 e. The van der Waals surface area contributed by atoms with Crippen molar-refractivity contribution in [1.82, 2.24) is 4.90 Å². The van der Waals surface area contributed by atoms with Gasteiger partial charge in [-0.1, -0.05) is 19.1 Å². The summed E-state index contributed by atoms with van der Waals surface area (Å²) in [5, 5.41) is 0. The number of likely N-dealkylation sites (tertiary alicyclic amines) is 1. The van der Waals surface area contributed by atoms with Gasteiger partial charge in [-0.3, -0.25) is 4.90 Å². The van der Waals surface area contributed by atoms with Crippen LogP contribution in [0.25, 0.3) is 0 Å². The maximum absolute atomic E-state index is 6.33. The highest BCUT2D eigenvalue weighted by Crippen LogP contribution is 2.29. The van der Waals surface area contributed by atoms with Gasteiger partial charge in [0.15, 0.2) is 0 Å².